The highest BCUT2D eigenvalue weighted by Gasteiger charge is 2.29. The van der Waals surface area contributed by atoms with Crippen molar-refractivity contribution < 1.29 is 9.59 Å². The molecule has 8 nitrogen and oxygen atoms in total. The van der Waals surface area contributed by atoms with Gasteiger partial charge in [-0.15, -0.1) is 5.10 Å². The molecule has 2 heterocycles. The van der Waals surface area contributed by atoms with Crippen LogP contribution in [0.1, 0.15) is 24.2 Å². The van der Waals surface area contributed by atoms with Gasteiger partial charge in [0.15, 0.2) is 5.82 Å². The maximum absolute atomic E-state index is 13.1. The van der Waals surface area contributed by atoms with Crippen molar-refractivity contribution in [1.29, 1.82) is 0 Å². The number of carbonyl (C=O) groups excluding carboxylic acids is 2. The topological polar surface area (TPSA) is 107 Å². The Labute approximate surface area is 145 Å². The molecule has 25 heavy (non-hydrogen) atoms. The van der Waals surface area contributed by atoms with Crippen LogP contribution in [0.15, 0.2) is 30.3 Å². The quantitative estimate of drug-likeness (QED) is 0.825. The third-order valence-corrected chi connectivity index (χ3v) is 4.36. The SMILES string of the molecule is Cc1nnnn1/C(=C\c1ccccc1)C(=O)N1CCC(C(N)=O)CC1. The lowest BCUT2D eigenvalue weighted by atomic mass is 9.96. The molecule has 2 aromatic rings. The van der Waals surface area contributed by atoms with Crippen molar-refractivity contribution in [3.63, 3.8) is 0 Å². The summed E-state index contributed by atoms with van der Waals surface area (Å²) >= 11 is 0. The zero-order valence-electron chi connectivity index (χ0n) is 14.0. The summed E-state index contributed by atoms with van der Waals surface area (Å²) in [5, 5.41) is 11.4. The molecule has 1 aromatic carbocycles. The molecule has 0 aliphatic carbocycles. The van der Waals surface area contributed by atoms with Gasteiger partial charge in [-0.3, -0.25) is 9.59 Å². The number of benzene rings is 1. The molecule has 1 saturated heterocycles. The van der Waals surface area contributed by atoms with E-state index in [-0.39, 0.29) is 17.7 Å². The highest BCUT2D eigenvalue weighted by molar-refractivity contribution is 6.18. The van der Waals surface area contributed by atoms with Crippen LogP contribution in [-0.4, -0.2) is 50.0 Å². The molecule has 1 aliphatic rings. The van der Waals surface area contributed by atoms with E-state index in [0.29, 0.717) is 37.5 Å². The van der Waals surface area contributed by atoms with Crippen molar-refractivity contribution in [2.75, 3.05) is 13.1 Å². The summed E-state index contributed by atoms with van der Waals surface area (Å²) in [7, 11) is 0. The zero-order chi connectivity index (χ0) is 17.8. The van der Waals surface area contributed by atoms with Gasteiger partial charge in [0.1, 0.15) is 5.70 Å². The van der Waals surface area contributed by atoms with Gasteiger partial charge in [0.05, 0.1) is 0 Å². The number of hydrogen-bond acceptors (Lipinski definition) is 5. The Hall–Kier alpha value is -3.03. The summed E-state index contributed by atoms with van der Waals surface area (Å²) in [4.78, 5) is 26.1. The number of carbonyl (C=O) groups is 2. The second-order valence-electron chi connectivity index (χ2n) is 6.05. The van der Waals surface area contributed by atoms with E-state index in [1.54, 1.807) is 17.9 Å². The number of aromatic nitrogens is 4. The smallest absolute Gasteiger partial charge is 0.272 e. The van der Waals surface area contributed by atoms with Crippen molar-refractivity contribution in [2.45, 2.75) is 19.8 Å². The number of piperidine rings is 1. The van der Waals surface area contributed by atoms with Crippen molar-refractivity contribution >= 4 is 23.6 Å². The maximum Gasteiger partial charge on any atom is 0.272 e. The van der Waals surface area contributed by atoms with Crippen molar-refractivity contribution in [3.8, 4) is 0 Å². The predicted octanol–water partition coefficient (Wildman–Crippen LogP) is 0.704. The largest absolute Gasteiger partial charge is 0.369 e. The standard InChI is InChI=1S/C17H20N6O2/c1-12-19-20-21-23(12)15(11-13-5-3-2-4-6-13)17(25)22-9-7-14(8-10-22)16(18)24/h2-6,11,14H,7-10H2,1H3,(H2,18,24)/b15-11-. The van der Waals surface area contributed by atoms with Crippen molar-refractivity contribution in [3.05, 3.63) is 41.7 Å². The molecular weight excluding hydrogens is 320 g/mol. The zero-order valence-corrected chi connectivity index (χ0v) is 14.0. The summed E-state index contributed by atoms with van der Waals surface area (Å²) in [5.74, 6) is -0.103. The van der Waals surface area contributed by atoms with E-state index >= 15 is 0 Å². The first kappa shape index (κ1) is 16.8. The normalized spacial score (nSPS) is 16.0. The van der Waals surface area contributed by atoms with Gasteiger partial charge in [0.25, 0.3) is 5.91 Å². The Balaban J connectivity index is 1.88. The minimum atomic E-state index is -0.302. The molecule has 0 spiro atoms. The molecule has 2 amide bonds. The summed E-state index contributed by atoms with van der Waals surface area (Å²) in [6.07, 6.45) is 2.93. The molecule has 0 unspecified atom stereocenters. The van der Waals surface area contributed by atoms with E-state index < -0.39 is 0 Å². The Morgan fingerprint density at radius 2 is 1.88 bits per heavy atom. The third-order valence-electron chi connectivity index (χ3n) is 4.36. The predicted molar refractivity (Wildman–Crippen MR) is 91.7 cm³/mol. The van der Waals surface area contributed by atoms with Crippen LogP contribution in [-0.2, 0) is 9.59 Å². The first-order valence-corrected chi connectivity index (χ1v) is 8.17. The highest BCUT2D eigenvalue weighted by Crippen LogP contribution is 2.21. The molecule has 8 heteroatoms. The fraction of sp³-hybridized carbons (Fsp3) is 0.353. The van der Waals surface area contributed by atoms with Crippen LogP contribution < -0.4 is 5.73 Å². The highest BCUT2D eigenvalue weighted by atomic mass is 16.2. The number of aryl methyl sites for hydroxylation is 1. The lowest BCUT2D eigenvalue weighted by Crippen LogP contribution is -2.42. The molecular formula is C17H20N6O2. The molecule has 0 radical (unpaired) electrons. The Kier molecular flexibility index (Phi) is 4.87. The van der Waals surface area contributed by atoms with E-state index in [1.807, 2.05) is 30.3 Å². The van der Waals surface area contributed by atoms with Crippen molar-refractivity contribution in [1.82, 2.24) is 25.1 Å². The fourth-order valence-electron chi connectivity index (χ4n) is 2.90. The van der Waals surface area contributed by atoms with E-state index in [1.165, 1.54) is 4.68 Å². The average Bonchev–Trinajstić information content (AvgIpc) is 3.06. The Morgan fingerprint density at radius 3 is 2.44 bits per heavy atom. The van der Waals surface area contributed by atoms with Crippen molar-refractivity contribution in [2.24, 2.45) is 11.7 Å². The molecule has 0 bridgehead atoms. The molecule has 130 valence electrons. The maximum atomic E-state index is 13.1. The molecule has 0 atom stereocenters. The Morgan fingerprint density at radius 1 is 1.20 bits per heavy atom. The van der Waals surface area contributed by atoms with Gasteiger partial charge in [0.2, 0.25) is 5.91 Å². The van der Waals surface area contributed by atoms with Crippen LogP contribution >= 0.6 is 0 Å². The summed E-state index contributed by atoms with van der Waals surface area (Å²) in [5.41, 5.74) is 6.63. The van der Waals surface area contributed by atoms with E-state index in [4.69, 9.17) is 5.73 Å². The van der Waals surface area contributed by atoms with Crippen LogP contribution in [0.25, 0.3) is 11.8 Å². The summed E-state index contributed by atoms with van der Waals surface area (Å²) in [6, 6.07) is 9.53. The number of nitrogens with two attached hydrogens (primary N) is 1. The molecule has 1 fully saturated rings. The fourth-order valence-corrected chi connectivity index (χ4v) is 2.90. The van der Waals surface area contributed by atoms with Crippen LogP contribution in [0.4, 0.5) is 0 Å². The van der Waals surface area contributed by atoms with E-state index in [9.17, 15) is 9.59 Å². The van der Waals surface area contributed by atoms with Gasteiger partial charge >= 0.3 is 0 Å². The van der Waals surface area contributed by atoms with Crippen LogP contribution in [0.3, 0.4) is 0 Å². The number of primary amides is 1. The minimum Gasteiger partial charge on any atom is -0.369 e. The summed E-state index contributed by atoms with van der Waals surface area (Å²) in [6.45, 7) is 2.71. The first-order chi connectivity index (χ1) is 12.1. The Bertz CT molecular complexity index is 790. The second kappa shape index (κ2) is 7.25. The number of hydrogen-bond donors (Lipinski definition) is 1. The number of amides is 2. The third kappa shape index (κ3) is 3.73. The van der Waals surface area contributed by atoms with Crippen LogP contribution in [0, 0.1) is 12.8 Å². The monoisotopic (exact) mass is 340 g/mol. The minimum absolute atomic E-state index is 0.165. The van der Waals surface area contributed by atoms with Gasteiger partial charge in [-0.25, -0.2) is 0 Å². The number of likely N-dealkylation sites (tertiary alicyclic amines) is 1. The van der Waals surface area contributed by atoms with Gasteiger partial charge < -0.3 is 10.6 Å². The lowest BCUT2D eigenvalue weighted by molar-refractivity contribution is -0.130. The van der Waals surface area contributed by atoms with E-state index in [0.717, 1.165) is 5.56 Å². The molecule has 1 aromatic heterocycles. The first-order valence-electron chi connectivity index (χ1n) is 8.17. The van der Waals surface area contributed by atoms with E-state index in [2.05, 4.69) is 15.5 Å². The molecule has 3 rings (SSSR count). The molecule has 1 aliphatic heterocycles. The van der Waals surface area contributed by atoms with Gasteiger partial charge in [-0.1, -0.05) is 30.3 Å². The lowest BCUT2D eigenvalue weighted by Gasteiger charge is -2.31. The van der Waals surface area contributed by atoms with Gasteiger partial charge in [-0.2, -0.15) is 4.68 Å². The van der Waals surface area contributed by atoms with Crippen LogP contribution in [0.2, 0.25) is 0 Å². The van der Waals surface area contributed by atoms with Gasteiger partial charge in [-0.05, 0) is 41.8 Å². The van der Waals surface area contributed by atoms with Crippen LogP contribution in [0.5, 0.6) is 0 Å². The average molecular weight is 340 g/mol. The number of nitrogens with zero attached hydrogens (tertiary/aromatic N) is 5. The molecule has 2 N–H and O–H groups in total. The number of rotatable bonds is 4. The second-order valence-corrected chi connectivity index (χ2v) is 6.05. The molecule has 0 saturated carbocycles. The number of tetrazole rings is 1. The summed E-state index contributed by atoms with van der Waals surface area (Å²) < 4.78 is 1.44. The van der Waals surface area contributed by atoms with Gasteiger partial charge in [0, 0.05) is 19.0 Å².